The van der Waals surface area contributed by atoms with E-state index in [1.54, 1.807) is 11.3 Å². The van der Waals surface area contributed by atoms with Gasteiger partial charge >= 0.3 is 0 Å². The standard InChI is InChI=1S/C10H7BrN2S/c11-8-6(1-3-12)5-7-2-4-14-10(7)9(8)13/h2,4-5H,1,13H2. The molecule has 2 nitrogen and oxygen atoms in total. The summed E-state index contributed by atoms with van der Waals surface area (Å²) in [6.07, 6.45) is 0.385. The summed E-state index contributed by atoms with van der Waals surface area (Å²) in [4.78, 5) is 0. The molecule has 2 N–H and O–H groups in total. The highest BCUT2D eigenvalue weighted by molar-refractivity contribution is 9.10. The van der Waals surface area contributed by atoms with Gasteiger partial charge in [0.25, 0.3) is 0 Å². The maximum Gasteiger partial charge on any atom is 0.0670 e. The summed E-state index contributed by atoms with van der Waals surface area (Å²) in [5, 5.41) is 11.8. The highest BCUT2D eigenvalue weighted by Crippen LogP contribution is 2.35. The van der Waals surface area contributed by atoms with Crippen molar-refractivity contribution in [2.45, 2.75) is 6.42 Å². The van der Waals surface area contributed by atoms with Gasteiger partial charge in [-0.2, -0.15) is 5.26 Å². The van der Waals surface area contributed by atoms with E-state index in [4.69, 9.17) is 11.0 Å². The van der Waals surface area contributed by atoms with E-state index < -0.39 is 0 Å². The third-order valence-electron chi connectivity index (χ3n) is 2.06. The van der Waals surface area contributed by atoms with Gasteiger partial charge < -0.3 is 5.73 Å². The lowest BCUT2D eigenvalue weighted by atomic mass is 10.1. The topological polar surface area (TPSA) is 49.8 Å². The van der Waals surface area contributed by atoms with Crippen molar-refractivity contribution in [3.8, 4) is 6.07 Å². The quantitative estimate of drug-likeness (QED) is 0.806. The molecule has 0 bridgehead atoms. The van der Waals surface area contributed by atoms with Crippen LogP contribution in [0, 0.1) is 11.3 Å². The van der Waals surface area contributed by atoms with Crippen LogP contribution in [-0.2, 0) is 6.42 Å². The Morgan fingerprint density at radius 2 is 2.36 bits per heavy atom. The van der Waals surface area contributed by atoms with E-state index in [-0.39, 0.29) is 0 Å². The van der Waals surface area contributed by atoms with Crippen LogP contribution in [0.5, 0.6) is 0 Å². The van der Waals surface area contributed by atoms with Crippen LogP contribution in [0.2, 0.25) is 0 Å². The average Bonchev–Trinajstić information content (AvgIpc) is 2.62. The minimum absolute atomic E-state index is 0.385. The molecule has 1 aromatic carbocycles. The number of anilines is 1. The fourth-order valence-corrected chi connectivity index (χ4v) is 2.82. The fourth-order valence-electron chi connectivity index (χ4n) is 1.39. The first kappa shape index (κ1) is 9.50. The zero-order valence-corrected chi connectivity index (χ0v) is 9.65. The summed E-state index contributed by atoms with van der Waals surface area (Å²) >= 11 is 5.03. The molecule has 0 aliphatic rings. The number of thiophene rings is 1. The number of rotatable bonds is 1. The van der Waals surface area contributed by atoms with Gasteiger partial charge in [-0.05, 0) is 44.4 Å². The van der Waals surface area contributed by atoms with Gasteiger partial charge in [-0.15, -0.1) is 11.3 Å². The molecule has 0 spiro atoms. The summed E-state index contributed by atoms with van der Waals surface area (Å²) in [7, 11) is 0. The third kappa shape index (κ3) is 1.39. The molecule has 1 heterocycles. The second-order valence-corrected chi connectivity index (χ2v) is 4.65. The van der Waals surface area contributed by atoms with Gasteiger partial charge in [0.15, 0.2) is 0 Å². The molecular formula is C10H7BrN2S. The van der Waals surface area contributed by atoms with Crippen molar-refractivity contribution >= 4 is 43.0 Å². The predicted molar refractivity (Wildman–Crippen MR) is 63.3 cm³/mol. The summed E-state index contributed by atoms with van der Waals surface area (Å²) in [6.45, 7) is 0. The Kier molecular flexibility index (Phi) is 2.44. The van der Waals surface area contributed by atoms with Gasteiger partial charge in [-0.3, -0.25) is 0 Å². The van der Waals surface area contributed by atoms with Crippen LogP contribution in [-0.4, -0.2) is 0 Å². The van der Waals surface area contributed by atoms with E-state index >= 15 is 0 Å². The number of nitrogens with two attached hydrogens (primary N) is 1. The number of nitrogen functional groups attached to an aromatic ring is 1. The minimum atomic E-state index is 0.385. The first-order valence-electron chi connectivity index (χ1n) is 4.05. The molecule has 0 amide bonds. The maximum atomic E-state index is 8.65. The first-order valence-corrected chi connectivity index (χ1v) is 5.72. The molecule has 14 heavy (non-hydrogen) atoms. The van der Waals surface area contributed by atoms with E-state index in [2.05, 4.69) is 22.0 Å². The minimum Gasteiger partial charge on any atom is -0.397 e. The van der Waals surface area contributed by atoms with Crippen molar-refractivity contribution in [3.63, 3.8) is 0 Å². The van der Waals surface area contributed by atoms with Gasteiger partial charge in [-0.1, -0.05) is 0 Å². The number of fused-ring (bicyclic) bond motifs is 1. The van der Waals surface area contributed by atoms with Crippen molar-refractivity contribution < 1.29 is 0 Å². The van der Waals surface area contributed by atoms with Gasteiger partial charge in [0.1, 0.15) is 0 Å². The zero-order chi connectivity index (χ0) is 10.1. The Labute approximate surface area is 94.1 Å². The van der Waals surface area contributed by atoms with E-state index in [0.29, 0.717) is 6.42 Å². The molecule has 0 atom stereocenters. The maximum absolute atomic E-state index is 8.65. The van der Waals surface area contributed by atoms with Crippen molar-refractivity contribution in [1.29, 1.82) is 5.26 Å². The Bertz CT molecular complexity index is 525. The van der Waals surface area contributed by atoms with Crippen molar-refractivity contribution in [3.05, 3.63) is 27.5 Å². The lowest BCUT2D eigenvalue weighted by molar-refractivity contribution is 1.26. The Hall–Kier alpha value is -1.05. The summed E-state index contributed by atoms with van der Waals surface area (Å²) in [6, 6.07) is 6.15. The monoisotopic (exact) mass is 266 g/mol. The largest absolute Gasteiger partial charge is 0.397 e. The molecule has 0 radical (unpaired) electrons. The number of benzene rings is 1. The summed E-state index contributed by atoms with van der Waals surface area (Å²) < 4.78 is 1.94. The first-order chi connectivity index (χ1) is 6.74. The Balaban J connectivity index is 2.75. The van der Waals surface area contributed by atoms with E-state index in [0.717, 1.165) is 25.8 Å². The smallest absolute Gasteiger partial charge is 0.0670 e. The normalized spacial score (nSPS) is 10.3. The van der Waals surface area contributed by atoms with Gasteiger partial charge in [0.2, 0.25) is 0 Å². The summed E-state index contributed by atoms with van der Waals surface area (Å²) in [5.41, 5.74) is 7.64. The number of hydrogen-bond acceptors (Lipinski definition) is 3. The molecule has 0 saturated carbocycles. The molecule has 0 unspecified atom stereocenters. The molecule has 2 aromatic rings. The number of nitrogens with zero attached hydrogens (tertiary/aromatic N) is 1. The van der Waals surface area contributed by atoms with E-state index in [1.807, 2.05) is 17.5 Å². The van der Waals surface area contributed by atoms with Crippen molar-refractivity contribution in [1.82, 2.24) is 0 Å². The van der Waals surface area contributed by atoms with Crippen LogP contribution in [0.4, 0.5) is 5.69 Å². The zero-order valence-electron chi connectivity index (χ0n) is 7.25. The molecule has 70 valence electrons. The van der Waals surface area contributed by atoms with Crippen LogP contribution >= 0.6 is 27.3 Å². The molecule has 0 aliphatic carbocycles. The van der Waals surface area contributed by atoms with Gasteiger partial charge in [0.05, 0.1) is 22.9 Å². The van der Waals surface area contributed by atoms with E-state index in [1.165, 1.54) is 0 Å². The molecule has 4 heteroatoms. The highest BCUT2D eigenvalue weighted by atomic mass is 79.9. The Morgan fingerprint density at radius 1 is 1.57 bits per heavy atom. The predicted octanol–water partition coefficient (Wildman–Crippen LogP) is 3.31. The van der Waals surface area contributed by atoms with Gasteiger partial charge in [-0.25, -0.2) is 0 Å². The van der Waals surface area contributed by atoms with Crippen LogP contribution < -0.4 is 5.73 Å². The van der Waals surface area contributed by atoms with Crippen LogP contribution in [0.15, 0.2) is 22.0 Å². The highest BCUT2D eigenvalue weighted by Gasteiger charge is 2.09. The SMILES string of the molecule is N#CCc1cc2ccsc2c(N)c1Br. The van der Waals surface area contributed by atoms with Crippen molar-refractivity contribution in [2.75, 3.05) is 5.73 Å². The molecule has 0 saturated heterocycles. The molecule has 1 aromatic heterocycles. The molecular weight excluding hydrogens is 260 g/mol. The van der Waals surface area contributed by atoms with Crippen LogP contribution in [0.25, 0.3) is 10.1 Å². The lowest BCUT2D eigenvalue weighted by Crippen LogP contribution is -1.92. The van der Waals surface area contributed by atoms with Gasteiger partial charge in [0, 0.05) is 4.47 Å². The lowest BCUT2D eigenvalue weighted by Gasteiger charge is -2.04. The number of hydrogen-bond donors (Lipinski definition) is 1. The molecule has 2 rings (SSSR count). The second-order valence-electron chi connectivity index (χ2n) is 2.94. The fraction of sp³-hybridized carbons (Fsp3) is 0.100. The average molecular weight is 267 g/mol. The van der Waals surface area contributed by atoms with Crippen LogP contribution in [0.1, 0.15) is 5.56 Å². The summed E-state index contributed by atoms with van der Waals surface area (Å²) in [5.74, 6) is 0. The second kappa shape index (κ2) is 3.60. The molecule has 0 aliphatic heterocycles. The van der Waals surface area contributed by atoms with E-state index in [9.17, 15) is 0 Å². The third-order valence-corrected chi connectivity index (χ3v) is 3.96. The Morgan fingerprint density at radius 3 is 3.07 bits per heavy atom. The molecule has 0 fully saturated rings. The van der Waals surface area contributed by atoms with Crippen molar-refractivity contribution in [2.24, 2.45) is 0 Å². The van der Waals surface area contributed by atoms with Crippen LogP contribution in [0.3, 0.4) is 0 Å². The number of nitriles is 1. The number of halogens is 1.